The molecule has 0 spiro atoms. The van der Waals surface area contributed by atoms with Crippen LogP contribution in [0.25, 0.3) is 0 Å². The van der Waals surface area contributed by atoms with E-state index in [-0.39, 0.29) is 35.2 Å². The number of hydrogen-bond donors (Lipinski definition) is 1. The van der Waals surface area contributed by atoms with Crippen molar-refractivity contribution in [3.63, 3.8) is 0 Å². The zero-order valence-electron chi connectivity index (χ0n) is 15.1. The molecule has 1 heterocycles. The SMILES string of the molecule is CCOC1CCN(C(=NC)NCC2(c3ccc(F)cc3)CC2)CC1.I. The van der Waals surface area contributed by atoms with Gasteiger partial charge in [-0.3, -0.25) is 4.99 Å². The Kier molecular flexibility index (Phi) is 7.49. The zero-order valence-corrected chi connectivity index (χ0v) is 17.5. The number of guanidine groups is 1. The lowest BCUT2D eigenvalue weighted by Gasteiger charge is -2.34. The first-order valence-electron chi connectivity index (χ1n) is 9.00. The van der Waals surface area contributed by atoms with Gasteiger partial charge >= 0.3 is 0 Å². The monoisotopic (exact) mass is 461 g/mol. The maximum Gasteiger partial charge on any atom is 0.193 e. The maximum atomic E-state index is 13.1. The first-order chi connectivity index (χ1) is 11.7. The molecule has 1 saturated carbocycles. The van der Waals surface area contributed by atoms with E-state index in [1.165, 1.54) is 5.56 Å². The van der Waals surface area contributed by atoms with Crippen molar-refractivity contribution in [1.82, 2.24) is 10.2 Å². The minimum absolute atomic E-state index is 0. The Morgan fingerprint density at radius 2 is 1.92 bits per heavy atom. The highest BCUT2D eigenvalue weighted by Gasteiger charge is 2.44. The summed E-state index contributed by atoms with van der Waals surface area (Å²) in [4.78, 5) is 6.77. The number of piperidine rings is 1. The summed E-state index contributed by atoms with van der Waals surface area (Å²) in [6, 6.07) is 6.95. The van der Waals surface area contributed by atoms with Gasteiger partial charge in [-0.2, -0.15) is 0 Å². The van der Waals surface area contributed by atoms with Gasteiger partial charge in [-0.25, -0.2) is 4.39 Å². The molecule has 140 valence electrons. The van der Waals surface area contributed by atoms with Gasteiger partial charge in [0.1, 0.15) is 5.82 Å². The molecule has 2 fully saturated rings. The van der Waals surface area contributed by atoms with Crippen molar-refractivity contribution in [3.8, 4) is 0 Å². The minimum Gasteiger partial charge on any atom is -0.378 e. The van der Waals surface area contributed by atoms with Gasteiger partial charge in [0.2, 0.25) is 0 Å². The summed E-state index contributed by atoms with van der Waals surface area (Å²) in [6.07, 6.45) is 4.79. The molecular weight excluding hydrogens is 432 g/mol. The fraction of sp³-hybridized carbons (Fsp3) is 0.632. The number of halogens is 2. The Balaban J connectivity index is 0.00000225. The van der Waals surface area contributed by atoms with Crippen molar-refractivity contribution in [2.75, 3.05) is 33.3 Å². The number of nitrogens with zero attached hydrogens (tertiary/aromatic N) is 2. The van der Waals surface area contributed by atoms with Crippen molar-refractivity contribution >= 4 is 29.9 Å². The summed E-state index contributed by atoms with van der Waals surface area (Å²) in [5.74, 6) is 0.800. The summed E-state index contributed by atoms with van der Waals surface area (Å²) in [7, 11) is 1.84. The maximum absolute atomic E-state index is 13.1. The molecule has 25 heavy (non-hydrogen) atoms. The van der Waals surface area contributed by atoms with Gasteiger partial charge in [0.15, 0.2) is 5.96 Å². The topological polar surface area (TPSA) is 36.9 Å². The summed E-state index contributed by atoms with van der Waals surface area (Å²) in [5, 5.41) is 3.54. The summed E-state index contributed by atoms with van der Waals surface area (Å²) in [5.41, 5.74) is 1.37. The van der Waals surface area contributed by atoms with E-state index >= 15 is 0 Å². The first kappa shape index (κ1) is 20.4. The van der Waals surface area contributed by atoms with Crippen LogP contribution >= 0.6 is 24.0 Å². The predicted molar refractivity (Wildman–Crippen MR) is 110 cm³/mol. The molecule has 1 aliphatic heterocycles. The summed E-state index contributed by atoms with van der Waals surface area (Å²) in [6.45, 7) is 5.66. The lowest BCUT2D eigenvalue weighted by molar-refractivity contribution is 0.0263. The molecule has 1 aromatic carbocycles. The van der Waals surface area contributed by atoms with Crippen LogP contribution in [0.15, 0.2) is 29.3 Å². The number of hydrogen-bond acceptors (Lipinski definition) is 2. The molecule has 0 aromatic heterocycles. The van der Waals surface area contributed by atoms with Crippen LogP contribution in [0.2, 0.25) is 0 Å². The number of ether oxygens (including phenoxy) is 1. The molecule has 0 radical (unpaired) electrons. The lowest BCUT2D eigenvalue weighted by atomic mass is 9.96. The number of likely N-dealkylation sites (tertiary alicyclic amines) is 1. The largest absolute Gasteiger partial charge is 0.378 e. The van der Waals surface area contributed by atoms with Crippen molar-refractivity contribution in [3.05, 3.63) is 35.6 Å². The molecule has 1 saturated heterocycles. The van der Waals surface area contributed by atoms with Gasteiger partial charge in [0, 0.05) is 38.7 Å². The van der Waals surface area contributed by atoms with Crippen LogP contribution < -0.4 is 5.32 Å². The summed E-state index contributed by atoms with van der Waals surface area (Å²) < 4.78 is 18.9. The molecular formula is C19H29FIN3O. The third kappa shape index (κ3) is 5.06. The average molecular weight is 461 g/mol. The number of aliphatic imine (C=N–C) groups is 1. The minimum atomic E-state index is -0.171. The molecule has 1 aromatic rings. The molecule has 0 amide bonds. The molecule has 0 bridgehead atoms. The summed E-state index contributed by atoms with van der Waals surface area (Å²) >= 11 is 0. The van der Waals surface area contributed by atoms with Crippen LogP contribution in [0.5, 0.6) is 0 Å². The van der Waals surface area contributed by atoms with Crippen molar-refractivity contribution < 1.29 is 9.13 Å². The van der Waals surface area contributed by atoms with E-state index in [1.54, 1.807) is 12.1 Å². The van der Waals surface area contributed by atoms with Gasteiger partial charge < -0.3 is 15.0 Å². The number of nitrogens with one attached hydrogen (secondary N) is 1. The second-order valence-corrected chi connectivity index (χ2v) is 6.83. The molecule has 2 aliphatic rings. The van der Waals surface area contributed by atoms with Gasteiger partial charge in [-0.15, -0.1) is 24.0 Å². The second kappa shape index (κ2) is 9.16. The standard InChI is InChI=1S/C19H28FN3O.HI/c1-3-24-17-8-12-23(13-9-17)18(21-2)22-14-19(10-11-19)15-4-6-16(20)7-5-15;/h4-7,17H,3,8-14H2,1-2H3,(H,21,22);1H. The highest BCUT2D eigenvalue weighted by molar-refractivity contribution is 14.0. The lowest BCUT2D eigenvalue weighted by Crippen LogP contribution is -2.48. The van der Waals surface area contributed by atoms with E-state index in [2.05, 4.69) is 22.1 Å². The van der Waals surface area contributed by atoms with E-state index in [0.717, 1.165) is 57.9 Å². The molecule has 1 N–H and O–H groups in total. The molecule has 0 atom stereocenters. The van der Waals surface area contributed by atoms with Crippen LogP contribution in [-0.2, 0) is 10.2 Å². The normalized spacial score (nSPS) is 20.1. The first-order valence-corrected chi connectivity index (χ1v) is 9.00. The van der Waals surface area contributed by atoms with E-state index < -0.39 is 0 Å². The fourth-order valence-electron chi connectivity index (χ4n) is 3.57. The van der Waals surface area contributed by atoms with Gasteiger partial charge in [0.05, 0.1) is 6.10 Å². The van der Waals surface area contributed by atoms with Gasteiger partial charge in [-0.1, -0.05) is 12.1 Å². The van der Waals surface area contributed by atoms with Crippen molar-refractivity contribution in [2.45, 2.75) is 44.1 Å². The van der Waals surface area contributed by atoms with Crippen molar-refractivity contribution in [2.24, 2.45) is 4.99 Å². The predicted octanol–water partition coefficient (Wildman–Crippen LogP) is 3.55. The highest BCUT2D eigenvalue weighted by atomic mass is 127. The van der Waals surface area contributed by atoms with E-state index in [4.69, 9.17) is 4.74 Å². The molecule has 6 heteroatoms. The van der Waals surface area contributed by atoms with Crippen LogP contribution in [0.3, 0.4) is 0 Å². The third-order valence-electron chi connectivity index (χ3n) is 5.25. The average Bonchev–Trinajstić information content (AvgIpc) is 3.39. The molecule has 3 rings (SSSR count). The highest BCUT2D eigenvalue weighted by Crippen LogP contribution is 2.47. The third-order valence-corrected chi connectivity index (χ3v) is 5.25. The second-order valence-electron chi connectivity index (χ2n) is 6.83. The molecule has 4 nitrogen and oxygen atoms in total. The van der Waals surface area contributed by atoms with E-state index in [0.29, 0.717) is 6.10 Å². The Morgan fingerprint density at radius 1 is 1.28 bits per heavy atom. The Morgan fingerprint density at radius 3 is 2.44 bits per heavy atom. The number of rotatable bonds is 5. The van der Waals surface area contributed by atoms with Crippen molar-refractivity contribution in [1.29, 1.82) is 0 Å². The van der Waals surface area contributed by atoms with E-state index in [9.17, 15) is 4.39 Å². The van der Waals surface area contributed by atoms with E-state index in [1.807, 2.05) is 19.2 Å². The molecule has 1 aliphatic carbocycles. The van der Waals surface area contributed by atoms with Crippen LogP contribution in [0.4, 0.5) is 4.39 Å². The quantitative estimate of drug-likeness (QED) is 0.414. The Bertz CT molecular complexity index is 567. The smallest absolute Gasteiger partial charge is 0.193 e. The fourth-order valence-corrected chi connectivity index (χ4v) is 3.57. The number of benzene rings is 1. The van der Waals surface area contributed by atoms with Crippen LogP contribution in [0, 0.1) is 5.82 Å². The Hall–Kier alpha value is -0.890. The molecule has 0 unspecified atom stereocenters. The zero-order chi connectivity index (χ0) is 17.0. The van der Waals surface area contributed by atoms with Crippen LogP contribution in [0.1, 0.15) is 38.2 Å². The Labute approximate surface area is 167 Å². The van der Waals surface area contributed by atoms with Gasteiger partial charge in [-0.05, 0) is 50.3 Å². The van der Waals surface area contributed by atoms with Crippen LogP contribution in [-0.4, -0.2) is 50.3 Å². The van der Waals surface area contributed by atoms with Gasteiger partial charge in [0.25, 0.3) is 0 Å².